The minimum atomic E-state index is -0.0773. The summed E-state index contributed by atoms with van der Waals surface area (Å²) in [6, 6.07) is 3.78. The van der Waals surface area contributed by atoms with Crippen LogP contribution in [0.4, 0.5) is 0 Å². The zero-order valence-corrected chi connectivity index (χ0v) is 11.3. The lowest BCUT2D eigenvalue weighted by molar-refractivity contribution is -0.123. The molecule has 1 aromatic heterocycles. The number of carbonyl (C=O) groups excluding carboxylic acids is 1. The second-order valence-electron chi connectivity index (χ2n) is 5.20. The molecule has 5 heteroatoms. The molecule has 0 radical (unpaired) electrons. The fourth-order valence-corrected chi connectivity index (χ4v) is 1.73. The summed E-state index contributed by atoms with van der Waals surface area (Å²) in [5, 5.41) is 2.85. The first-order valence-corrected chi connectivity index (χ1v) is 6.73. The Morgan fingerprint density at radius 2 is 2.37 bits per heavy atom. The molecule has 0 aromatic carbocycles. The van der Waals surface area contributed by atoms with Gasteiger partial charge in [-0.2, -0.15) is 0 Å². The third-order valence-corrected chi connectivity index (χ3v) is 2.98. The molecule has 2 rings (SSSR count). The predicted octanol–water partition coefficient (Wildman–Crippen LogP) is 0.876. The Labute approximate surface area is 113 Å². The van der Waals surface area contributed by atoms with Crippen molar-refractivity contribution in [2.45, 2.75) is 32.2 Å². The molecule has 1 amide bonds. The van der Waals surface area contributed by atoms with Crippen molar-refractivity contribution in [3.05, 3.63) is 24.0 Å². The maximum Gasteiger partial charge on any atom is 0.257 e. The average molecular weight is 263 g/mol. The van der Waals surface area contributed by atoms with Crippen LogP contribution in [-0.2, 0) is 11.2 Å². The zero-order valence-electron chi connectivity index (χ0n) is 11.3. The quantitative estimate of drug-likeness (QED) is 0.765. The summed E-state index contributed by atoms with van der Waals surface area (Å²) < 4.78 is 5.37. The summed E-state index contributed by atoms with van der Waals surface area (Å²) in [5.41, 5.74) is 6.63. The number of hydrogen-bond donors (Lipinski definition) is 2. The number of nitrogens with zero attached hydrogens (tertiary/aromatic N) is 1. The maximum atomic E-state index is 11.5. The van der Waals surface area contributed by atoms with E-state index in [-0.39, 0.29) is 18.6 Å². The highest BCUT2D eigenvalue weighted by Crippen LogP contribution is 2.27. The van der Waals surface area contributed by atoms with E-state index in [0.29, 0.717) is 11.7 Å². The SMILES string of the molecule is CC(N)Cc1ccc(OCC(=O)NCC2CC2)cn1. The molecular formula is C14H21N3O2. The van der Waals surface area contributed by atoms with Crippen molar-refractivity contribution in [1.82, 2.24) is 10.3 Å². The van der Waals surface area contributed by atoms with Gasteiger partial charge in [0.25, 0.3) is 5.91 Å². The van der Waals surface area contributed by atoms with Gasteiger partial charge in [0.1, 0.15) is 5.75 Å². The van der Waals surface area contributed by atoms with Crippen LogP contribution in [0, 0.1) is 5.92 Å². The molecule has 19 heavy (non-hydrogen) atoms. The summed E-state index contributed by atoms with van der Waals surface area (Å²) in [6.07, 6.45) is 4.83. The van der Waals surface area contributed by atoms with E-state index < -0.39 is 0 Å². The van der Waals surface area contributed by atoms with Gasteiger partial charge in [-0.3, -0.25) is 9.78 Å². The van der Waals surface area contributed by atoms with Crippen LogP contribution in [0.3, 0.4) is 0 Å². The van der Waals surface area contributed by atoms with Crippen LogP contribution in [0.2, 0.25) is 0 Å². The van der Waals surface area contributed by atoms with Gasteiger partial charge < -0.3 is 15.8 Å². The Bertz CT molecular complexity index is 413. The molecule has 1 aromatic rings. The topological polar surface area (TPSA) is 77.2 Å². The highest BCUT2D eigenvalue weighted by Gasteiger charge is 2.21. The number of aromatic nitrogens is 1. The van der Waals surface area contributed by atoms with Crippen molar-refractivity contribution in [3.63, 3.8) is 0 Å². The van der Waals surface area contributed by atoms with Crippen LogP contribution in [-0.4, -0.2) is 30.1 Å². The van der Waals surface area contributed by atoms with Crippen LogP contribution >= 0.6 is 0 Å². The second kappa shape index (κ2) is 6.52. The van der Waals surface area contributed by atoms with Gasteiger partial charge in [0.2, 0.25) is 0 Å². The number of pyridine rings is 1. The molecule has 3 N–H and O–H groups in total. The van der Waals surface area contributed by atoms with Crippen molar-refractivity contribution in [2.75, 3.05) is 13.2 Å². The molecule has 0 bridgehead atoms. The predicted molar refractivity (Wildman–Crippen MR) is 72.8 cm³/mol. The summed E-state index contributed by atoms with van der Waals surface area (Å²) in [5.74, 6) is 1.21. The van der Waals surface area contributed by atoms with Gasteiger partial charge in [-0.15, -0.1) is 0 Å². The van der Waals surface area contributed by atoms with Gasteiger partial charge in [-0.05, 0) is 37.8 Å². The number of rotatable bonds is 7. The molecule has 1 aliphatic carbocycles. The van der Waals surface area contributed by atoms with E-state index in [1.807, 2.05) is 19.1 Å². The monoisotopic (exact) mass is 263 g/mol. The number of nitrogens with two attached hydrogens (primary N) is 1. The summed E-state index contributed by atoms with van der Waals surface area (Å²) in [7, 11) is 0. The van der Waals surface area contributed by atoms with E-state index in [2.05, 4.69) is 10.3 Å². The number of carbonyl (C=O) groups is 1. The molecule has 0 aliphatic heterocycles. The number of hydrogen-bond acceptors (Lipinski definition) is 4. The Balaban J connectivity index is 1.70. The Morgan fingerprint density at radius 3 is 2.95 bits per heavy atom. The fourth-order valence-electron chi connectivity index (χ4n) is 1.73. The standard InChI is InChI=1S/C14H21N3O2/c1-10(15)6-12-4-5-13(8-16-12)19-9-14(18)17-7-11-2-3-11/h4-5,8,10-11H,2-3,6-7,9,15H2,1H3,(H,17,18). The smallest absolute Gasteiger partial charge is 0.257 e. The zero-order chi connectivity index (χ0) is 13.7. The van der Waals surface area contributed by atoms with Crippen LogP contribution in [0.15, 0.2) is 18.3 Å². The molecule has 1 atom stereocenters. The molecule has 5 nitrogen and oxygen atoms in total. The third-order valence-electron chi connectivity index (χ3n) is 2.98. The van der Waals surface area contributed by atoms with Gasteiger partial charge in [0, 0.05) is 24.7 Å². The molecule has 0 saturated heterocycles. The van der Waals surface area contributed by atoms with Crippen molar-refractivity contribution in [3.8, 4) is 5.75 Å². The van der Waals surface area contributed by atoms with E-state index in [1.54, 1.807) is 6.20 Å². The number of nitrogens with one attached hydrogen (secondary N) is 1. The molecule has 1 saturated carbocycles. The van der Waals surface area contributed by atoms with Gasteiger partial charge in [-0.25, -0.2) is 0 Å². The Hall–Kier alpha value is -1.62. The van der Waals surface area contributed by atoms with Crippen molar-refractivity contribution < 1.29 is 9.53 Å². The van der Waals surface area contributed by atoms with Crippen LogP contribution in [0.1, 0.15) is 25.5 Å². The first-order chi connectivity index (χ1) is 9.13. The maximum absolute atomic E-state index is 11.5. The van der Waals surface area contributed by atoms with Gasteiger partial charge in [0.15, 0.2) is 6.61 Å². The normalized spacial score (nSPS) is 15.9. The Kier molecular flexibility index (Phi) is 4.74. The molecule has 1 heterocycles. The molecule has 1 fully saturated rings. The van der Waals surface area contributed by atoms with E-state index in [4.69, 9.17) is 10.5 Å². The molecule has 0 spiro atoms. The van der Waals surface area contributed by atoms with E-state index in [0.717, 1.165) is 18.7 Å². The first kappa shape index (κ1) is 13.8. The third kappa shape index (κ3) is 5.26. The van der Waals surface area contributed by atoms with Crippen LogP contribution in [0.5, 0.6) is 5.75 Å². The highest BCUT2D eigenvalue weighted by atomic mass is 16.5. The van der Waals surface area contributed by atoms with Gasteiger partial charge >= 0.3 is 0 Å². The van der Waals surface area contributed by atoms with Gasteiger partial charge in [-0.1, -0.05) is 0 Å². The average Bonchev–Trinajstić information content (AvgIpc) is 3.19. The van der Waals surface area contributed by atoms with E-state index in [1.165, 1.54) is 12.8 Å². The van der Waals surface area contributed by atoms with Crippen LogP contribution < -0.4 is 15.8 Å². The van der Waals surface area contributed by atoms with Crippen molar-refractivity contribution in [2.24, 2.45) is 11.7 Å². The second-order valence-corrected chi connectivity index (χ2v) is 5.20. The lowest BCUT2D eigenvalue weighted by Crippen LogP contribution is -2.30. The van der Waals surface area contributed by atoms with Crippen molar-refractivity contribution in [1.29, 1.82) is 0 Å². The summed E-state index contributed by atoms with van der Waals surface area (Å²) >= 11 is 0. The first-order valence-electron chi connectivity index (χ1n) is 6.73. The molecule has 1 aliphatic rings. The van der Waals surface area contributed by atoms with E-state index in [9.17, 15) is 4.79 Å². The largest absolute Gasteiger partial charge is 0.482 e. The summed E-state index contributed by atoms with van der Waals surface area (Å²) in [4.78, 5) is 15.7. The summed E-state index contributed by atoms with van der Waals surface area (Å²) in [6.45, 7) is 2.76. The molecular weight excluding hydrogens is 242 g/mol. The molecule has 1 unspecified atom stereocenters. The number of amides is 1. The van der Waals surface area contributed by atoms with Crippen LogP contribution in [0.25, 0.3) is 0 Å². The lowest BCUT2D eigenvalue weighted by atomic mass is 10.2. The Morgan fingerprint density at radius 1 is 1.58 bits per heavy atom. The van der Waals surface area contributed by atoms with Crippen molar-refractivity contribution >= 4 is 5.91 Å². The van der Waals surface area contributed by atoms with E-state index >= 15 is 0 Å². The minimum absolute atomic E-state index is 0.0427. The van der Waals surface area contributed by atoms with Gasteiger partial charge in [0.05, 0.1) is 6.20 Å². The number of ether oxygens (including phenoxy) is 1. The highest BCUT2D eigenvalue weighted by molar-refractivity contribution is 5.77. The lowest BCUT2D eigenvalue weighted by Gasteiger charge is -2.08. The molecule has 104 valence electrons. The fraction of sp³-hybridized carbons (Fsp3) is 0.571. The minimum Gasteiger partial charge on any atom is -0.482 e.